The van der Waals surface area contributed by atoms with Gasteiger partial charge in [0.25, 0.3) is 0 Å². The summed E-state index contributed by atoms with van der Waals surface area (Å²) in [4.78, 5) is 0. The van der Waals surface area contributed by atoms with Gasteiger partial charge in [-0.15, -0.1) is 3.89 Å². The fourth-order valence-electron chi connectivity index (χ4n) is 2.53. The number of halogens is 1. The van der Waals surface area contributed by atoms with Crippen molar-refractivity contribution < 1.29 is 12.3 Å². The molecule has 0 spiro atoms. The highest BCUT2D eigenvalue weighted by Gasteiger charge is 2.46. The molecule has 4 heteroatoms. The smallest absolute Gasteiger partial charge is 0.195 e. The number of hydrogen-bond donors (Lipinski definition) is 0. The van der Waals surface area contributed by atoms with E-state index in [1.165, 1.54) is 0 Å². The molecule has 0 aromatic heterocycles. The Morgan fingerprint density at radius 3 is 2.18 bits per heavy atom. The first-order valence-corrected chi connectivity index (χ1v) is 5.45. The molecular formula is C7H11FO2S. The van der Waals surface area contributed by atoms with E-state index in [2.05, 4.69) is 0 Å². The van der Waals surface area contributed by atoms with Crippen molar-refractivity contribution in [3.63, 3.8) is 0 Å². The van der Waals surface area contributed by atoms with Crippen LogP contribution in [0.25, 0.3) is 0 Å². The highest BCUT2D eigenvalue weighted by Crippen LogP contribution is 2.47. The zero-order valence-electron chi connectivity index (χ0n) is 6.16. The van der Waals surface area contributed by atoms with Crippen LogP contribution < -0.4 is 0 Å². The van der Waals surface area contributed by atoms with Crippen molar-refractivity contribution in [1.82, 2.24) is 0 Å². The molecule has 0 aromatic rings. The molecule has 11 heavy (non-hydrogen) atoms. The van der Waals surface area contributed by atoms with Crippen LogP contribution in [0.3, 0.4) is 0 Å². The first kappa shape index (κ1) is 7.53. The number of rotatable bonds is 1. The highest BCUT2D eigenvalue weighted by molar-refractivity contribution is 7.87. The van der Waals surface area contributed by atoms with Gasteiger partial charge in [-0.3, -0.25) is 0 Å². The fraction of sp³-hybridized carbons (Fsp3) is 1.00. The van der Waals surface area contributed by atoms with E-state index in [0.717, 1.165) is 19.3 Å². The minimum atomic E-state index is -4.23. The van der Waals surface area contributed by atoms with Crippen molar-refractivity contribution in [2.75, 3.05) is 0 Å². The van der Waals surface area contributed by atoms with Crippen LogP contribution in [-0.2, 0) is 10.2 Å². The molecule has 0 aromatic carbocycles. The molecule has 2 saturated carbocycles. The molecule has 0 radical (unpaired) electrons. The van der Waals surface area contributed by atoms with Crippen molar-refractivity contribution in [3.8, 4) is 0 Å². The lowest BCUT2D eigenvalue weighted by molar-refractivity contribution is 0.446. The lowest BCUT2D eigenvalue weighted by atomic mass is 10.0. The van der Waals surface area contributed by atoms with Gasteiger partial charge in [-0.2, -0.15) is 8.42 Å². The van der Waals surface area contributed by atoms with Gasteiger partial charge in [0, 0.05) is 0 Å². The maximum Gasteiger partial charge on any atom is 0.305 e. The van der Waals surface area contributed by atoms with Crippen LogP contribution >= 0.6 is 0 Å². The average Bonchev–Trinajstić information content (AvgIpc) is 2.42. The van der Waals surface area contributed by atoms with Gasteiger partial charge in [0.15, 0.2) is 0 Å². The summed E-state index contributed by atoms with van der Waals surface area (Å²) in [5.74, 6) is 0.630. The van der Waals surface area contributed by atoms with Crippen molar-refractivity contribution in [2.45, 2.75) is 30.9 Å². The minimum Gasteiger partial charge on any atom is -0.195 e. The molecule has 0 amide bonds. The van der Waals surface area contributed by atoms with E-state index in [4.69, 9.17) is 0 Å². The second kappa shape index (κ2) is 2.19. The van der Waals surface area contributed by atoms with Gasteiger partial charge in [0.2, 0.25) is 0 Å². The Kier molecular flexibility index (Phi) is 1.50. The molecule has 2 aliphatic carbocycles. The molecule has 0 N–H and O–H groups in total. The Morgan fingerprint density at radius 1 is 1.18 bits per heavy atom. The SMILES string of the molecule is O=S(=O)(F)[C@@H]1C[C@H]2CC[C@H]1C2. The monoisotopic (exact) mass is 178 g/mol. The van der Waals surface area contributed by atoms with Gasteiger partial charge >= 0.3 is 10.2 Å². The second-order valence-corrected chi connectivity index (χ2v) is 5.25. The standard InChI is InChI=1S/C7H11FO2S/c8-11(9,10)7-4-5-1-2-6(7)3-5/h5-7H,1-4H2/t5-,6-,7+/m0/s1. The second-order valence-electron chi connectivity index (χ2n) is 3.69. The van der Waals surface area contributed by atoms with Crippen molar-refractivity contribution in [3.05, 3.63) is 0 Å². The zero-order chi connectivity index (χ0) is 8.06. The molecule has 0 heterocycles. The summed E-state index contributed by atoms with van der Waals surface area (Å²) in [5, 5.41) is -0.652. The third kappa shape index (κ3) is 1.17. The van der Waals surface area contributed by atoms with Crippen LogP contribution in [0, 0.1) is 11.8 Å². The van der Waals surface area contributed by atoms with Crippen molar-refractivity contribution >= 4 is 10.2 Å². The molecule has 64 valence electrons. The molecule has 0 unspecified atom stereocenters. The topological polar surface area (TPSA) is 34.1 Å². The van der Waals surface area contributed by atoms with Gasteiger partial charge in [-0.25, -0.2) is 0 Å². The molecule has 2 bridgehead atoms. The number of hydrogen-bond acceptors (Lipinski definition) is 2. The Balaban J connectivity index is 2.21. The largest absolute Gasteiger partial charge is 0.305 e. The predicted molar refractivity (Wildman–Crippen MR) is 39.3 cm³/mol. The van der Waals surface area contributed by atoms with Gasteiger partial charge < -0.3 is 0 Å². The average molecular weight is 178 g/mol. The van der Waals surface area contributed by atoms with E-state index < -0.39 is 15.5 Å². The van der Waals surface area contributed by atoms with Crippen LogP contribution in [0.5, 0.6) is 0 Å². The lowest BCUT2D eigenvalue weighted by Gasteiger charge is -2.16. The normalized spacial score (nSPS) is 43.2. The van der Waals surface area contributed by atoms with Crippen LogP contribution in [0.2, 0.25) is 0 Å². The Labute approximate surface area is 66.0 Å². The predicted octanol–water partition coefficient (Wildman–Crippen LogP) is 1.47. The summed E-state index contributed by atoms with van der Waals surface area (Å²) in [7, 11) is -4.23. The van der Waals surface area contributed by atoms with Gasteiger partial charge in [0.05, 0.1) is 5.25 Å². The molecule has 2 fully saturated rings. The van der Waals surface area contributed by atoms with Crippen molar-refractivity contribution in [1.29, 1.82) is 0 Å². The maximum absolute atomic E-state index is 12.5. The van der Waals surface area contributed by atoms with E-state index >= 15 is 0 Å². The molecule has 0 saturated heterocycles. The summed E-state index contributed by atoms with van der Waals surface area (Å²) in [6.45, 7) is 0. The molecule has 2 nitrogen and oxygen atoms in total. The molecule has 2 aliphatic rings. The van der Waals surface area contributed by atoms with Crippen LogP contribution in [0.1, 0.15) is 25.7 Å². The highest BCUT2D eigenvalue weighted by atomic mass is 32.3. The first-order valence-electron chi connectivity index (χ1n) is 4.01. The Hall–Kier alpha value is -0.120. The summed E-state index contributed by atoms with van der Waals surface area (Å²) in [6.07, 6.45) is 3.53. The van der Waals surface area contributed by atoms with Crippen molar-refractivity contribution in [2.24, 2.45) is 11.8 Å². The van der Waals surface area contributed by atoms with Gasteiger partial charge in [-0.05, 0) is 31.1 Å². The lowest BCUT2D eigenvalue weighted by Crippen LogP contribution is -2.23. The molecular weight excluding hydrogens is 167 g/mol. The minimum absolute atomic E-state index is 0.134. The van der Waals surface area contributed by atoms with E-state index in [0.29, 0.717) is 12.3 Å². The van der Waals surface area contributed by atoms with Crippen LogP contribution in [0.15, 0.2) is 0 Å². The van der Waals surface area contributed by atoms with Gasteiger partial charge in [0.1, 0.15) is 0 Å². The zero-order valence-corrected chi connectivity index (χ0v) is 6.98. The first-order chi connectivity index (χ1) is 5.07. The van der Waals surface area contributed by atoms with E-state index in [1.54, 1.807) is 0 Å². The maximum atomic E-state index is 12.5. The Morgan fingerprint density at radius 2 is 1.91 bits per heavy atom. The fourth-order valence-corrected chi connectivity index (χ4v) is 3.74. The molecule has 3 atom stereocenters. The third-order valence-electron chi connectivity index (χ3n) is 3.03. The van der Waals surface area contributed by atoms with E-state index in [-0.39, 0.29) is 5.92 Å². The summed E-state index contributed by atoms with van der Waals surface area (Å²) < 4.78 is 33.6. The number of fused-ring (bicyclic) bond motifs is 2. The van der Waals surface area contributed by atoms with Crippen LogP contribution in [0.4, 0.5) is 3.89 Å². The molecule has 0 aliphatic heterocycles. The third-order valence-corrected chi connectivity index (χ3v) is 4.34. The van der Waals surface area contributed by atoms with Crippen LogP contribution in [-0.4, -0.2) is 13.7 Å². The van der Waals surface area contributed by atoms with E-state index in [1.807, 2.05) is 0 Å². The summed E-state index contributed by atoms with van der Waals surface area (Å²) in [5.41, 5.74) is 0. The molecule has 2 rings (SSSR count). The van der Waals surface area contributed by atoms with Gasteiger partial charge in [-0.1, -0.05) is 6.42 Å². The van der Waals surface area contributed by atoms with E-state index in [9.17, 15) is 12.3 Å². The Bertz CT molecular complexity index is 260. The summed E-state index contributed by atoms with van der Waals surface area (Å²) in [6, 6.07) is 0. The summed E-state index contributed by atoms with van der Waals surface area (Å²) >= 11 is 0. The quantitative estimate of drug-likeness (QED) is 0.570.